The number of carbonyl (C=O) groups is 1. The fourth-order valence-electron chi connectivity index (χ4n) is 4.45. The first-order valence-electron chi connectivity index (χ1n) is 10.4. The van der Waals surface area contributed by atoms with Gasteiger partial charge in [-0.15, -0.1) is 5.10 Å². The molecule has 2 aromatic heterocycles. The van der Waals surface area contributed by atoms with Crippen molar-refractivity contribution in [1.82, 2.24) is 14.6 Å². The summed E-state index contributed by atoms with van der Waals surface area (Å²) in [7, 11) is 3.05. The van der Waals surface area contributed by atoms with Gasteiger partial charge in [0.15, 0.2) is 5.65 Å². The van der Waals surface area contributed by atoms with Gasteiger partial charge in [0.2, 0.25) is 0 Å². The summed E-state index contributed by atoms with van der Waals surface area (Å²) >= 11 is 0. The van der Waals surface area contributed by atoms with E-state index >= 15 is 0 Å². The highest BCUT2D eigenvalue weighted by molar-refractivity contribution is 6.08. The number of carbonyl (C=O) groups excluding carboxylic acids is 1. The van der Waals surface area contributed by atoms with Gasteiger partial charge in [-0.3, -0.25) is 4.40 Å². The van der Waals surface area contributed by atoms with Gasteiger partial charge in [-0.2, -0.15) is 5.10 Å². The zero-order valence-corrected chi connectivity index (χ0v) is 17.6. The number of fused-ring (bicyclic) bond motifs is 3. The Morgan fingerprint density at radius 2 is 1.65 bits per heavy atom. The van der Waals surface area contributed by atoms with Crippen molar-refractivity contribution in [3.05, 3.63) is 71.5 Å². The molecule has 0 unspecified atom stereocenters. The van der Waals surface area contributed by atoms with Crippen molar-refractivity contribution in [3.8, 4) is 28.1 Å². The van der Waals surface area contributed by atoms with Gasteiger partial charge in [0.05, 0.1) is 31.2 Å². The van der Waals surface area contributed by atoms with Crippen LogP contribution >= 0.6 is 0 Å². The Morgan fingerprint density at radius 3 is 2.35 bits per heavy atom. The number of methoxy groups -OCH3 is 2. The van der Waals surface area contributed by atoms with Crippen molar-refractivity contribution in [2.24, 2.45) is 0 Å². The van der Waals surface area contributed by atoms with E-state index in [1.165, 1.54) is 7.11 Å². The summed E-state index contributed by atoms with van der Waals surface area (Å²) in [5.41, 5.74) is 6.65. The second-order valence-electron chi connectivity index (χ2n) is 7.64. The maximum atomic E-state index is 13.2. The molecule has 156 valence electrons. The molecular weight excluding hydrogens is 390 g/mol. The van der Waals surface area contributed by atoms with Crippen molar-refractivity contribution >= 4 is 11.6 Å². The van der Waals surface area contributed by atoms with E-state index in [1.807, 2.05) is 54.6 Å². The monoisotopic (exact) mass is 413 g/mol. The molecule has 1 aliphatic rings. The van der Waals surface area contributed by atoms with Gasteiger partial charge in [-0.05, 0) is 48.9 Å². The Balaban J connectivity index is 1.92. The predicted molar refractivity (Wildman–Crippen MR) is 118 cm³/mol. The van der Waals surface area contributed by atoms with Gasteiger partial charge in [-0.25, -0.2) is 4.79 Å². The van der Waals surface area contributed by atoms with E-state index in [9.17, 15) is 4.79 Å². The lowest BCUT2D eigenvalue weighted by Gasteiger charge is -2.17. The van der Waals surface area contributed by atoms with Gasteiger partial charge in [-0.1, -0.05) is 42.5 Å². The summed E-state index contributed by atoms with van der Waals surface area (Å²) in [6.45, 7) is 0. The number of aromatic nitrogens is 3. The molecule has 0 saturated heterocycles. The number of rotatable bonds is 4. The van der Waals surface area contributed by atoms with E-state index in [0.29, 0.717) is 11.2 Å². The number of benzene rings is 2. The van der Waals surface area contributed by atoms with Crippen LogP contribution in [0.15, 0.2) is 54.6 Å². The minimum Gasteiger partial charge on any atom is -0.497 e. The Kier molecular flexibility index (Phi) is 4.90. The van der Waals surface area contributed by atoms with Crippen LogP contribution in [0.4, 0.5) is 0 Å². The van der Waals surface area contributed by atoms with Crippen LogP contribution in [-0.2, 0) is 17.6 Å². The fourth-order valence-corrected chi connectivity index (χ4v) is 4.45. The largest absolute Gasteiger partial charge is 0.497 e. The number of hydrogen-bond acceptors (Lipinski definition) is 5. The van der Waals surface area contributed by atoms with E-state index in [1.54, 1.807) is 7.11 Å². The second-order valence-corrected chi connectivity index (χ2v) is 7.64. The first-order valence-corrected chi connectivity index (χ1v) is 10.4. The molecule has 2 aromatic carbocycles. The van der Waals surface area contributed by atoms with E-state index in [4.69, 9.17) is 9.47 Å². The molecular formula is C25H23N3O3. The zero-order chi connectivity index (χ0) is 21.4. The van der Waals surface area contributed by atoms with Crippen molar-refractivity contribution in [3.63, 3.8) is 0 Å². The molecule has 0 radical (unpaired) electrons. The predicted octanol–water partition coefficient (Wildman–Crippen LogP) is 4.74. The lowest BCUT2D eigenvalue weighted by molar-refractivity contribution is 0.0602. The molecule has 6 heteroatoms. The third-order valence-corrected chi connectivity index (χ3v) is 5.91. The molecule has 0 spiro atoms. The fraction of sp³-hybridized carbons (Fsp3) is 0.240. The van der Waals surface area contributed by atoms with Crippen LogP contribution < -0.4 is 4.74 Å². The lowest BCUT2D eigenvalue weighted by atomic mass is 9.99. The maximum Gasteiger partial charge on any atom is 0.340 e. The molecule has 0 aliphatic heterocycles. The summed E-state index contributed by atoms with van der Waals surface area (Å²) in [5, 5.41) is 9.16. The van der Waals surface area contributed by atoms with Crippen LogP contribution in [0.3, 0.4) is 0 Å². The number of nitrogens with zero attached hydrogens (tertiary/aromatic N) is 3. The van der Waals surface area contributed by atoms with Crippen LogP contribution in [0, 0.1) is 0 Å². The standard InChI is InChI=1S/C25H23N3O3/c1-30-18-14-12-16(13-15-18)21-22(25(29)31-2)23(17-8-4-3-5-9-17)28-20-11-7-6-10-19(20)26-27-24(21)28/h3-5,8-9,12-15H,6-7,10-11H2,1-2H3. The summed E-state index contributed by atoms with van der Waals surface area (Å²) in [6, 6.07) is 17.6. The third kappa shape index (κ3) is 3.15. The highest BCUT2D eigenvalue weighted by Crippen LogP contribution is 2.40. The molecule has 0 atom stereocenters. The SMILES string of the molecule is COC(=O)c1c(-c2ccc(OC)cc2)c2nnc3c(n2c1-c1ccccc1)CCCC3. The lowest BCUT2D eigenvalue weighted by Crippen LogP contribution is -2.13. The Hall–Kier alpha value is -3.67. The highest BCUT2D eigenvalue weighted by atomic mass is 16.5. The zero-order valence-electron chi connectivity index (χ0n) is 17.6. The van der Waals surface area contributed by atoms with Crippen molar-refractivity contribution in [1.29, 1.82) is 0 Å². The summed E-state index contributed by atoms with van der Waals surface area (Å²) in [4.78, 5) is 13.2. The number of ether oxygens (including phenoxy) is 2. The smallest absolute Gasteiger partial charge is 0.340 e. The van der Waals surface area contributed by atoms with Crippen molar-refractivity contribution in [2.45, 2.75) is 25.7 Å². The van der Waals surface area contributed by atoms with Gasteiger partial charge in [0.25, 0.3) is 0 Å². The number of esters is 1. The van der Waals surface area contributed by atoms with Crippen LogP contribution in [0.1, 0.15) is 34.6 Å². The first kappa shape index (κ1) is 19.3. The van der Waals surface area contributed by atoms with Gasteiger partial charge in [0.1, 0.15) is 5.75 Å². The average molecular weight is 413 g/mol. The summed E-state index contributed by atoms with van der Waals surface area (Å²) < 4.78 is 12.7. The minimum absolute atomic E-state index is 0.389. The maximum absolute atomic E-state index is 13.2. The average Bonchev–Trinajstić information content (AvgIpc) is 3.20. The van der Waals surface area contributed by atoms with Crippen LogP contribution in [0.25, 0.3) is 28.0 Å². The Bertz CT molecular complexity index is 1260. The van der Waals surface area contributed by atoms with Gasteiger partial charge >= 0.3 is 5.97 Å². The molecule has 0 fully saturated rings. The molecule has 5 rings (SSSR count). The normalized spacial score (nSPS) is 13.1. The Labute approximate surface area is 180 Å². The van der Waals surface area contributed by atoms with Crippen LogP contribution in [0.5, 0.6) is 5.75 Å². The number of hydrogen-bond donors (Lipinski definition) is 0. The van der Waals surface area contributed by atoms with E-state index < -0.39 is 0 Å². The second kappa shape index (κ2) is 7.87. The van der Waals surface area contributed by atoms with E-state index in [-0.39, 0.29) is 5.97 Å². The van der Waals surface area contributed by atoms with Crippen molar-refractivity contribution < 1.29 is 14.3 Å². The summed E-state index contributed by atoms with van der Waals surface area (Å²) in [5.74, 6) is 0.360. The molecule has 31 heavy (non-hydrogen) atoms. The Morgan fingerprint density at radius 1 is 0.903 bits per heavy atom. The molecule has 6 nitrogen and oxygen atoms in total. The van der Waals surface area contributed by atoms with Crippen LogP contribution in [-0.4, -0.2) is 34.8 Å². The third-order valence-electron chi connectivity index (χ3n) is 5.91. The van der Waals surface area contributed by atoms with E-state index in [0.717, 1.165) is 65.2 Å². The van der Waals surface area contributed by atoms with E-state index in [2.05, 4.69) is 14.6 Å². The van der Waals surface area contributed by atoms with Crippen LogP contribution in [0.2, 0.25) is 0 Å². The quantitative estimate of drug-likeness (QED) is 0.452. The molecule has 4 aromatic rings. The minimum atomic E-state index is -0.389. The molecule has 0 bridgehead atoms. The molecule has 2 heterocycles. The van der Waals surface area contributed by atoms with Gasteiger partial charge < -0.3 is 9.47 Å². The molecule has 0 N–H and O–H groups in total. The summed E-state index contributed by atoms with van der Waals surface area (Å²) in [6.07, 6.45) is 3.99. The molecule has 0 amide bonds. The number of aryl methyl sites for hydroxylation is 2. The van der Waals surface area contributed by atoms with Gasteiger partial charge in [0, 0.05) is 11.3 Å². The first-order chi connectivity index (χ1) is 15.2. The molecule has 0 saturated carbocycles. The highest BCUT2D eigenvalue weighted by Gasteiger charge is 2.30. The molecule has 1 aliphatic carbocycles. The topological polar surface area (TPSA) is 65.7 Å². The van der Waals surface area contributed by atoms with Crippen molar-refractivity contribution in [2.75, 3.05) is 14.2 Å².